The maximum atomic E-state index is 12.2. The molecule has 6 heteroatoms. The lowest BCUT2D eigenvalue weighted by Gasteiger charge is -2.20. The van der Waals surface area contributed by atoms with Crippen molar-refractivity contribution >= 4 is 17.5 Å². The fourth-order valence-electron chi connectivity index (χ4n) is 2.62. The highest BCUT2D eigenvalue weighted by Crippen LogP contribution is 2.32. The Bertz CT molecular complexity index is 547. The van der Waals surface area contributed by atoms with Crippen LogP contribution in [0.25, 0.3) is 0 Å². The molecule has 0 aromatic heterocycles. The normalized spacial score (nSPS) is 19.1. The number of carbonyl (C=O) groups excluding carboxylic acids is 2. The molecular formula is C16H22N2O4. The zero-order valence-electron chi connectivity index (χ0n) is 13.2. The molecule has 1 heterocycles. The predicted octanol–water partition coefficient (Wildman–Crippen LogP) is 1.20. The van der Waals surface area contributed by atoms with E-state index in [0.717, 1.165) is 0 Å². The maximum Gasteiger partial charge on any atom is 0.227 e. The molecule has 0 saturated carbocycles. The van der Waals surface area contributed by atoms with Crippen molar-refractivity contribution in [2.24, 2.45) is 5.92 Å². The molecule has 1 aromatic rings. The zero-order chi connectivity index (χ0) is 16.1. The first kappa shape index (κ1) is 16.3. The molecule has 2 unspecified atom stereocenters. The average molecular weight is 306 g/mol. The number of nitrogens with zero attached hydrogens (tertiary/aromatic N) is 1. The van der Waals surface area contributed by atoms with E-state index >= 15 is 0 Å². The van der Waals surface area contributed by atoms with Crippen LogP contribution >= 0.6 is 0 Å². The molecule has 22 heavy (non-hydrogen) atoms. The third-order valence-corrected chi connectivity index (χ3v) is 3.68. The van der Waals surface area contributed by atoms with Crippen LogP contribution in [0.2, 0.25) is 0 Å². The number of rotatable bonds is 6. The number of para-hydroxylation sites is 2. The van der Waals surface area contributed by atoms with Crippen LogP contribution in [0.3, 0.4) is 0 Å². The van der Waals surface area contributed by atoms with Crippen LogP contribution in [0.15, 0.2) is 24.3 Å². The molecule has 1 aliphatic rings. The van der Waals surface area contributed by atoms with E-state index in [0.29, 0.717) is 24.6 Å². The van der Waals surface area contributed by atoms with Crippen molar-refractivity contribution in [2.45, 2.75) is 19.4 Å². The Hall–Kier alpha value is -2.08. The van der Waals surface area contributed by atoms with Gasteiger partial charge < -0.3 is 19.7 Å². The fraction of sp³-hybridized carbons (Fsp3) is 0.500. The van der Waals surface area contributed by atoms with Gasteiger partial charge in [0.15, 0.2) is 0 Å². The molecule has 120 valence electrons. The Morgan fingerprint density at radius 3 is 2.82 bits per heavy atom. The summed E-state index contributed by atoms with van der Waals surface area (Å²) in [6.07, 6.45) is 0.212. The topological polar surface area (TPSA) is 67.9 Å². The molecule has 1 aromatic carbocycles. The van der Waals surface area contributed by atoms with Crippen LogP contribution in [-0.4, -0.2) is 45.2 Å². The molecule has 2 atom stereocenters. The number of carbonyl (C=O) groups is 2. The van der Waals surface area contributed by atoms with Gasteiger partial charge in [-0.15, -0.1) is 0 Å². The van der Waals surface area contributed by atoms with E-state index in [1.807, 2.05) is 25.1 Å². The van der Waals surface area contributed by atoms with Crippen LogP contribution in [0, 0.1) is 5.92 Å². The van der Waals surface area contributed by atoms with Crippen LogP contribution in [-0.2, 0) is 14.3 Å². The number of hydrogen-bond donors (Lipinski definition) is 1. The number of benzene rings is 1. The van der Waals surface area contributed by atoms with Crippen LogP contribution in [0.5, 0.6) is 5.75 Å². The van der Waals surface area contributed by atoms with Gasteiger partial charge in [-0.2, -0.15) is 0 Å². The lowest BCUT2D eigenvalue weighted by molar-refractivity contribution is -0.127. The fourth-order valence-corrected chi connectivity index (χ4v) is 2.62. The molecule has 1 saturated heterocycles. The van der Waals surface area contributed by atoms with Gasteiger partial charge in [0.1, 0.15) is 5.75 Å². The summed E-state index contributed by atoms with van der Waals surface area (Å²) < 4.78 is 10.3. The highest BCUT2D eigenvalue weighted by molar-refractivity contribution is 6.01. The Balaban J connectivity index is 2.06. The number of ether oxygens (including phenoxy) is 2. The van der Waals surface area contributed by atoms with E-state index in [1.54, 1.807) is 25.2 Å². The standard InChI is InChI=1S/C16H22N2O4/c1-11(10-21-2)17-16(20)12-8-15(19)18(9-12)13-6-4-5-7-14(13)22-3/h4-7,11-12H,8-10H2,1-3H3,(H,17,20). The van der Waals surface area contributed by atoms with Crippen LogP contribution in [0.1, 0.15) is 13.3 Å². The van der Waals surface area contributed by atoms with Gasteiger partial charge >= 0.3 is 0 Å². The Kier molecular flexibility index (Phi) is 5.38. The van der Waals surface area contributed by atoms with Crippen molar-refractivity contribution in [3.63, 3.8) is 0 Å². The number of hydrogen-bond acceptors (Lipinski definition) is 4. The monoisotopic (exact) mass is 306 g/mol. The summed E-state index contributed by atoms with van der Waals surface area (Å²) in [7, 11) is 3.15. The second-order valence-electron chi connectivity index (χ2n) is 5.44. The third kappa shape index (κ3) is 3.57. The molecule has 0 bridgehead atoms. The summed E-state index contributed by atoms with van der Waals surface area (Å²) in [5.74, 6) is 0.0979. The molecule has 0 spiro atoms. The second-order valence-corrected chi connectivity index (χ2v) is 5.44. The van der Waals surface area contributed by atoms with Gasteiger partial charge in [-0.05, 0) is 19.1 Å². The van der Waals surface area contributed by atoms with Gasteiger partial charge in [-0.25, -0.2) is 0 Å². The van der Waals surface area contributed by atoms with Crippen molar-refractivity contribution in [1.82, 2.24) is 5.32 Å². The lowest BCUT2D eigenvalue weighted by atomic mass is 10.1. The van der Waals surface area contributed by atoms with E-state index in [9.17, 15) is 9.59 Å². The molecule has 1 N–H and O–H groups in total. The minimum absolute atomic E-state index is 0.0657. The number of nitrogens with one attached hydrogen (secondary N) is 1. The van der Waals surface area contributed by atoms with Gasteiger partial charge in [0.05, 0.1) is 25.3 Å². The van der Waals surface area contributed by atoms with E-state index < -0.39 is 0 Å². The van der Waals surface area contributed by atoms with Gasteiger partial charge in [0.25, 0.3) is 0 Å². The lowest BCUT2D eigenvalue weighted by Crippen LogP contribution is -2.40. The SMILES string of the molecule is COCC(C)NC(=O)C1CC(=O)N(c2ccccc2OC)C1. The summed E-state index contributed by atoms with van der Waals surface area (Å²) >= 11 is 0. The van der Waals surface area contributed by atoms with E-state index in [2.05, 4.69) is 5.32 Å². The largest absolute Gasteiger partial charge is 0.495 e. The highest BCUT2D eigenvalue weighted by atomic mass is 16.5. The number of methoxy groups -OCH3 is 2. The smallest absolute Gasteiger partial charge is 0.227 e. The predicted molar refractivity (Wildman–Crippen MR) is 82.9 cm³/mol. The van der Waals surface area contributed by atoms with Crippen molar-refractivity contribution in [1.29, 1.82) is 0 Å². The van der Waals surface area contributed by atoms with Crippen molar-refractivity contribution in [2.75, 3.05) is 32.3 Å². The first-order valence-corrected chi connectivity index (χ1v) is 7.29. The molecule has 0 radical (unpaired) electrons. The summed E-state index contributed by atoms with van der Waals surface area (Å²) in [5.41, 5.74) is 0.704. The third-order valence-electron chi connectivity index (χ3n) is 3.68. The van der Waals surface area contributed by atoms with E-state index in [4.69, 9.17) is 9.47 Å². The number of amides is 2. The first-order chi connectivity index (χ1) is 10.6. The second kappa shape index (κ2) is 7.26. The van der Waals surface area contributed by atoms with E-state index in [-0.39, 0.29) is 30.2 Å². The average Bonchev–Trinajstić information content (AvgIpc) is 2.89. The Morgan fingerprint density at radius 1 is 1.41 bits per heavy atom. The van der Waals surface area contributed by atoms with Gasteiger partial charge in [-0.3, -0.25) is 9.59 Å². The zero-order valence-corrected chi connectivity index (χ0v) is 13.2. The quantitative estimate of drug-likeness (QED) is 0.857. The first-order valence-electron chi connectivity index (χ1n) is 7.29. The van der Waals surface area contributed by atoms with E-state index in [1.165, 1.54) is 0 Å². The minimum atomic E-state index is -0.350. The molecule has 2 rings (SSSR count). The van der Waals surface area contributed by atoms with Crippen molar-refractivity contribution in [3.05, 3.63) is 24.3 Å². The van der Waals surface area contributed by atoms with Crippen molar-refractivity contribution in [3.8, 4) is 5.75 Å². The summed E-state index contributed by atoms with van der Waals surface area (Å²) in [6.45, 7) is 2.68. The van der Waals surface area contributed by atoms with Crippen LogP contribution < -0.4 is 15.0 Å². The summed E-state index contributed by atoms with van der Waals surface area (Å²) in [4.78, 5) is 26.1. The van der Waals surface area contributed by atoms with Crippen molar-refractivity contribution < 1.29 is 19.1 Å². The molecule has 6 nitrogen and oxygen atoms in total. The maximum absolute atomic E-state index is 12.2. The summed E-state index contributed by atoms with van der Waals surface area (Å²) in [6, 6.07) is 7.24. The van der Waals surface area contributed by atoms with Gasteiger partial charge in [0, 0.05) is 26.1 Å². The van der Waals surface area contributed by atoms with Gasteiger partial charge in [-0.1, -0.05) is 12.1 Å². The molecule has 0 aliphatic carbocycles. The molecular weight excluding hydrogens is 284 g/mol. The number of anilines is 1. The Morgan fingerprint density at radius 2 is 2.14 bits per heavy atom. The minimum Gasteiger partial charge on any atom is -0.495 e. The van der Waals surface area contributed by atoms with Crippen LogP contribution in [0.4, 0.5) is 5.69 Å². The highest BCUT2D eigenvalue weighted by Gasteiger charge is 2.36. The molecule has 1 aliphatic heterocycles. The van der Waals surface area contributed by atoms with Gasteiger partial charge in [0.2, 0.25) is 11.8 Å². The molecule has 1 fully saturated rings. The molecule has 2 amide bonds. The Labute approximate surface area is 130 Å². The summed E-state index contributed by atoms with van der Waals surface area (Å²) in [5, 5.41) is 2.87.